The second-order valence-corrected chi connectivity index (χ2v) is 4.23. The molecule has 1 nitrogen and oxygen atoms in total. The molecular formula is C17H12O. The van der Waals surface area contributed by atoms with Crippen molar-refractivity contribution in [2.75, 3.05) is 0 Å². The number of benzene rings is 3. The minimum atomic E-state index is 0.816. The molecule has 0 heterocycles. The van der Waals surface area contributed by atoms with Crippen molar-refractivity contribution in [2.45, 2.75) is 0 Å². The van der Waals surface area contributed by atoms with Crippen LogP contribution < -0.4 is 0 Å². The number of carbonyl (C=O) groups excluding carboxylic acids is 1. The molecule has 0 aliphatic rings. The second kappa shape index (κ2) is 4.46. The van der Waals surface area contributed by atoms with Gasteiger partial charge in [0.25, 0.3) is 0 Å². The van der Waals surface area contributed by atoms with E-state index in [0.717, 1.165) is 11.8 Å². The smallest absolute Gasteiger partial charge is 0.142 e. The Morgan fingerprint density at radius 2 is 1.33 bits per heavy atom. The van der Waals surface area contributed by atoms with Crippen LogP contribution >= 0.6 is 0 Å². The quantitative estimate of drug-likeness (QED) is 0.367. The molecule has 0 spiro atoms. The average molecular weight is 232 g/mol. The van der Waals surface area contributed by atoms with Gasteiger partial charge in [0, 0.05) is 0 Å². The summed E-state index contributed by atoms with van der Waals surface area (Å²) < 4.78 is 0. The highest BCUT2D eigenvalue weighted by Crippen LogP contribution is 2.29. The summed E-state index contributed by atoms with van der Waals surface area (Å²) in [4.78, 5) is 10.6. The maximum absolute atomic E-state index is 10.6. The molecular weight excluding hydrogens is 220 g/mol. The molecule has 0 aliphatic heterocycles. The van der Waals surface area contributed by atoms with Gasteiger partial charge in [0.2, 0.25) is 0 Å². The summed E-state index contributed by atoms with van der Waals surface area (Å²) in [5.41, 5.74) is 1.11. The lowest BCUT2D eigenvalue weighted by atomic mass is 9.96. The van der Waals surface area contributed by atoms with E-state index in [4.69, 9.17) is 0 Å². The molecule has 0 N–H and O–H groups in total. The maximum atomic E-state index is 10.6. The summed E-state index contributed by atoms with van der Waals surface area (Å²) in [7, 11) is 0. The molecule has 0 unspecified atom stereocenters. The van der Waals surface area contributed by atoms with Crippen LogP contribution in [-0.4, -0.2) is 6.29 Å². The zero-order valence-corrected chi connectivity index (χ0v) is 9.84. The second-order valence-electron chi connectivity index (χ2n) is 4.23. The van der Waals surface area contributed by atoms with Gasteiger partial charge in [0.05, 0.1) is 0 Å². The first kappa shape index (κ1) is 10.7. The van der Waals surface area contributed by atoms with Crippen LogP contribution in [0.1, 0.15) is 5.56 Å². The summed E-state index contributed by atoms with van der Waals surface area (Å²) in [5.74, 6) is 0. The lowest BCUT2D eigenvalue weighted by Gasteiger charge is -2.07. The molecule has 0 fully saturated rings. The Labute approximate surface area is 105 Å². The van der Waals surface area contributed by atoms with Crippen LogP contribution in [0.2, 0.25) is 0 Å². The average Bonchev–Trinajstić information content (AvgIpc) is 2.43. The molecule has 0 aliphatic carbocycles. The van der Waals surface area contributed by atoms with E-state index in [1.54, 1.807) is 6.08 Å². The Bertz CT molecular complexity index is 700. The topological polar surface area (TPSA) is 17.1 Å². The van der Waals surface area contributed by atoms with E-state index in [0.29, 0.717) is 0 Å². The Morgan fingerprint density at radius 1 is 0.778 bits per heavy atom. The Kier molecular flexibility index (Phi) is 2.66. The third-order valence-electron chi connectivity index (χ3n) is 3.15. The molecule has 3 rings (SSSR count). The van der Waals surface area contributed by atoms with Gasteiger partial charge >= 0.3 is 0 Å². The largest absolute Gasteiger partial charge is 0.299 e. The summed E-state index contributed by atoms with van der Waals surface area (Å²) in [6.45, 7) is 0. The molecule has 0 saturated carbocycles. The monoisotopic (exact) mass is 232 g/mol. The van der Waals surface area contributed by atoms with Gasteiger partial charge in [-0.1, -0.05) is 54.6 Å². The highest BCUT2D eigenvalue weighted by Gasteiger charge is 2.03. The maximum Gasteiger partial charge on any atom is 0.142 e. The van der Waals surface area contributed by atoms with Crippen molar-refractivity contribution in [1.29, 1.82) is 0 Å². The minimum absolute atomic E-state index is 0.816. The minimum Gasteiger partial charge on any atom is -0.299 e. The Morgan fingerprint density at radius 3 is 1.89 bits per heavy atom. The normalized spacial score (nSPS) is 11.3. The molecule has 3 aromatic rings. The number of carbonyl (C=O) groups is 1. The van der Waals surface area contributed by atoms with E-state index >= 15 is 0 Å². The molecule has 18 heavy (non-hydrogen) atoms. The van der Waals surface area contributed by atoms with E-state index in [-0.39, 0.29) is 0 Å². The Hall–Kier alpha value is -2.41. The van der Waals surface area contributed by atoms with E-state index in [1.165, 1.54) is 21.5 Å². The number of aldehydes is 1. The number of allylic oxidation sites excluding steroid dienone is 1. The predicted molar refractivity (Wildman–Crippen MR) is 76.6 cm³/mol. The lowest BCUT2D eigenvalue weighted by Crippen LogP contribution is -1.83. The summed E-state index contributed by atoms with van der Waals surface area (Å²) in [6.07, 6.45) is 4.25. The van der Waals surface area contributed by atoms with Crippen molar-refractivity contribution in [3.63, 3.8) is 0 Å². The first-order valence-electron chi connectivity index (χ1n) is 5.92. The summed E-state index contributed by atoms with van der Waals surface area (Å²) in [5, 5.41) is 4.74. The molecule has 0 bridgehead atoms. The van der Waals surface area contributed by atoms with Crippen LogP contribution in [0.25, 0.3) is 27.6 Å². The van der Waals surface area contributed by atoms with Crippen molar-refractivity contribution < 1.29 is 4.79 Å². The Balaban J connectivity index is 2.49. The standard InChI is InChI=1S/C17H12O/c18-11-5-10-17-15-8-3-1-6-13(15)12-14-7-2-4-9-16(14)17/h1-12H/b10-5+. The number of fused-ring (bicyclic) bond motifs is 2. The van der Waals surface area contributed by atoms with Gasteiger partial charge in [-0.25, -0.2) is 0 Å². The van der Waals surface area contributed by atoms with E-state index in [2.05, 4.69) is 30.3 Å². The van der Waals surface area contributed by atoms with Gasteiger partial charge in [0.1, 0.15) is 6.29 Å². The third kappa shape index (κ3) is 1.70. The van der Waals surface area contributed by atoms with Crippen LogP contribution in [0, 0.1) is 0 Å². The molecule has 0 aromatic heterocycles. The third-order valence-corrected chi connectivity index (χ3v) is 3.15. The van der Waals surface area contributed by atoms with Gasteiger partial charge < -0.3 is 0 Å². The van der Waals surface area contributed by atoms with Crippen molar-refractivity contribution in [1.82, 2.24) is 0 Å². The zero-order valence-electron chi connectivity index (χ0n) is 9.84. The van der Waals surface area contributed by atoms with E-state index in [9.17, 15) is 4.79 Å². The number of hydrogen-bond acceptors (Lipinski definition) is 1. The number of rotatable bonds is 2. The highest BCUT2D eigenvalue weighted by atomic mass is 16.1. The fourth-order valence-corrected chi connectivity index (χ4v) is 2.36. The zero-order chi connectivity index (χ0) is 12.4. The first-order chi connectivity index (χ1) is 8.90. The van der Waals surface area contributed by atoms with Crippen LogP contribution in [0.5, 0.6) is 0 Å². The van der Waals surface area contributed by atoms with Crippen molar-refractivity contribution in [2.24, 2.45) is 0 Å². The molecule has 1 heteroatoms. The molecule has 0 atom stereocenters. The molecule has 86 valence electrons. The van der Waals surface area contributed by atoms with Gasteiger partial charge in [-0.3, -0.25) is 4.79 Å². The molecule has 3 aromatic carbocycles. The fourth-order valence-electron chi connectivity index (χ4n) is 2.36. The molecule has 0 amide bonds. The van der Waals surface area contributed by atoms with Crippen LogP contribution in [-0.2, 0) is 4.79 Å². The molecule has 0 saturated heterocycles. The van der Waals surface area contributed by atoms with Crippen LogP contribution in [0.15, 0.2) is 60.7 Å². The van der Waals surface area contributed by atoms with Crippen molar-refractivity contribution in [3.05, 3.63) is 66.2 Å². The van der Waals surface area contributed by atoms with E-state index < -0.39 is 0 Å². The van der Waals surface area contributed by atoms with Crippen LogP contribution in [0.3, 0.4) is 0 Å². The van der Waals surface area contributed by atoms with Gasteiger partial charge in [-0.2, -0.15) is 0 Å². The van der Waals surface area contributed by atoms with Gasteiger partial charge in [-0.15, -0.1) is 0 Å². The summed E-state index contributed by atoms with van der Waals surface area (Å²) in [6, 6.07) is 18.7. The van der Waals surface area contributed by atoms with Gasteiger partial charge in [-0.05, 0) is 39.3 Å². The highest BCUT2D eigenvalue weighted by molar-refractivity contribution is 6.07. The summed E-state index contributed by atoms with van der Waals surface area (Å²) >= 11 is 0. The van der Waals surface area contributed by atoms with Crippen LogP contribution in [0.4, 0.5) is 0 Å². The molecule has 0 radical (unpaired) electrons. The fraction of sp³-hybridized carbons (Fsp3) is 0. The van der Waals surface area contributed by atoms with Crippen molar-refractivity contribution >= 4 is 33.9 Å². The van der Waals surface area contributed by atoms with Gasteiger partial charge in [0.15, 0.2) is 0 Å². The predicted octanol–water partition coefficient (Wildman–Crippen LogP) is 4.21. The lowest BCUT2D eigenvalue weighted by molar-refractivity contribution is -0.104. The number of hydrogen-bond donors (Lipinski definition) is 0. The SMILES string of the molecule is O=C/C=C/c1c2ccccc2cc2ccccc12. The van der Waals surface area contributed by atoms with Crippen molar-refractivity contribution in [3.8, 4) is 0 Å². The van der Waals surface area contributed by atoms with E-state index in [1.807, 2.05) is 30.3 Å². The first-order valence-corrected chi connectivity index (χ1v) is 5.92.